The molecule has 4 rings (SSSR count). The van der Waals surface area contributed by atoms with E-state index in [9.17, 15) is 14.7 Å². The SMILES string of the molecule is Cc1ccsc1C1/C(=C(/O)c2cccc(OC(C)C)c2)C(=O)C(=O)N1C1CCCC1. The molecule has 1 unspecified atom stereocenters. The summed E-state index contributed by atoms with van der Waals surface area (Å²) in [6.07, 6.45) is 3.89. The van der Waals surface area contributed by atoms with Crippen molar-refractivity contribution in [1.29, 1.82) is 0 Å². The Labute approximate surface area is 181 Å². The van der Waals surface area contributed by atoms with Crippen molar-refractivity contribution in [3.8, 4) is 5.75 Å². The Kier molecular flexibility index (Phi) is 5.69. The zero-order chi connectivity index (χ0) is 21.4. The Morgan fingerprint density at radius 1 is 1.20 bits per heavy atom. The van der Waals surface area contributed by atoms with Gasteiger partial charge in [-0.15, -0.1) is 11.3 Å². The number of carbonyl (C=O) groups is 2. The highest BCUT2D eigenvalue weighted by atomic mass is 32.1. The first-order chi connectivity index (χ1) is 14.4. The molecule has 158 valence electrons. The zero-order valence-corrected chi connectivity index (χ0v) is 18.4. The molecule has 1 aliphatic carbocycles. The van der Waals surface area contributed by atoms with Crippen LogP contribution in [0, 0.1) is 6.92 Å². The van der Waals surface area contributed by atoms with Crippen LogP contribution in [0.5, 0.6) is 5.75 Å². The molecule has 1 N–H and O–H groups in total. The van der Waals surface area contributed by atoms with Crippen LogP contribution in [-0.2, 0) is 9.59 Å². The summed E-state index contributed by atoms with van der Waals surface area (Å²) in [6, 6.07) is 8.54. The van der Waals surface area contributed by atoms with Crippen LogP contribution in [0.4, 0.5) is 0 Å². The van der Waals surface area contributed by atoms with Crippen molar-refractivity contribution in [2.75, 3.05) is 0 Å². The van der Waals surface area contributed by atoms with Crippen LogP contribution in [0.25, 0.3) is 5.76 Å². The van der Waals surface area contributed by atoms with Crippen molar-refractivity contribution < 1.29 is 19.4 Å². The third-order valence-electron chi connectivity index (χ3n) is 5.83. The van der Waals surface area contributed by atoms with Crippen molar-refractivity contribution in [2.45, 2.75) is 64.6 Å². The van der Waals surface area contributed by atoms with Gasteiger partial charge in [-0.2, -0.15) is 0 Å². The lowest BCUT2D eigenvalue weighted by Gasteiger charge is -2.30. The molecule has 6 heteroatoms. The molecular weight excluding hydrogens is 398 g/mol. The molecule has 0 radical (unpaired) electrons. The molecule has 1 saturated carbocycles. The minimum atomic E-state index is -0.604. The monoisotopic (exact) mass is 425 g/mol. The average molecular weight is 426 g/mol. The highest BCUT2D eigenvalue weighted by Gasteiger charge is 2.50. The number of likely N-dealkylation sites (tertiary alicyclic amines) is 1. The largest absolute Gasteiger partial charge is 0.507 e. The number of ether oxygens (including phenoxy) is 1. The number of Topliss-reactive ketones (excluding diaryl/α,β-unsaturated/α-hetero) is 1. The van der Waals surface area contributed by atoms with E-state index in [4.69, 9.17) is 4.74 Å². The molecule has 5 nitrogen and oxygen atoms in total. The fourth-order valence-electron chi connectivity index (χ4n) is 4.48. The second kappa shape index (κ2) is 8.26. The fourth-order valence-corrected chi connectivity index (χ4v) is 5.51. The van der Waals surface area contributed by atoms with Gasteiger partial charge in [0, 0.05) is 16.5 Å². The van der Waals surface area contributed by atoms with Gasteiger partial charge in [0.1, 0.15) is 17.6 Å². The van der Waals surface area contributed by atoms with Gasteiger partial charge in [-0.1, -0.05) is 25.0 Å². The molecule has 2 aromatic rings. The van der Waals surface area contributed by atoms with Gasteiger partial charge < -0.3 is 14.7 Å². The number of hydrogen-bond acceptors (Lipinski definition) is 5. The molecule has 2 heterocycles. The van der Waals surface area contributed by atoms with Crippen molar-refractivity contribution in [1.82, 2.24) is 4.90 Å². The summed E-state index contributed by atoms with van der Waals surface area (Å²) in [5.74, 6) is -0.632. The van der Waals surface area contributed by atoms with Gasteiger partial charge in [0.25, 0.3) is 11.7 Å². The van der Waals surface area contributed by atoms with Gasteiger partial charge in [-0.05, 0) is 62.8 Å². The standard InChI is InChI=1S/C24H27NO4S/c1-14(2)29-18-10-6-7-16(13-18)21(26)19-20(23-15(3)11-12-30-23)25(24(28)22(19)27)17-8-4-5-9-17/h6-7,10-14,17,20,26H,4-5,8-9H2,1-3H3/b21-19-. The van der Waals surface area contributed by atoms with E-state index in [-0.39, 0.29) is 23.5 Å². The van der Waals surface area contributed by atoms with E-state index in [0.29, 0.717) is 11.3 Å². The highest BCUT2D eigenvalue weighted by molar-refractivity contribution is 7.10. The van der Waals surface area contributed by atoms with E-state index < -0.39 is 17.7 Å². The lowest BCUT2D eigenvalue weighted by atomic mass is 9.97. The third kappa shape index (κ3) is 3.65. The van der Waals surface area contributed by atoms with Crippen LogP contribution in [0.15, 0.2) is 41.3 Å². The molecule has 1 aliphatic heterocycles. The van der Waals surface area contributed by atoms with Gasteiger partial charge in [0.05, 0.1) is 11.7 Å². The molecule has 1 saturated heterocycles. The maximum absolute atomic E-state index is 13.1. The maximum Gasteiger partial charge on any atom is 0.295 e. The molecule has 2 fully saturated rings. The number of ketones is 1. The number of aliphatic hydroxyl groups excluding tert-OH is 1. The van der Waals surface area contributed by atoms with E-state index in [1.807, 2.05) is 38.3 Å². The van der Waals surface area contributed by atoms with Crippen LogP contribution >= 0.6 is 11.3 Å². The van der Waals surface area contributed by atoms with Crippen LogP contribution in [0.1, 0.15) is 61.6 Å². The fraction of sp³-hybridized carbons (Fsp3) is 0.417. The summed E-state index contributed by atoms with van der Waals surface area (Å²) in [4.78, 5) is 28.9. The summed E-state index contributed by atoms with van der Waals surface area (Å²) < 4.78 is 5.74. The number of nitrogens with zero attached hydrogens (tertiary/aromatic N) is 1. The highest BCUT2D eigenvalue weighted by Crippen LogP contribution is 2.45. The van der Waals surface area contributed by atoms with Gasteiger partial charge in [0.15, 0.2) is 0 Å². The molecular formula is C24H27NO4S. The van der Waals surface area contributed by atoms with Crippen molar-refractivity contribution in [3.63, 3.8) is 0 Å². The summed E-state index contributed by atoms with van der Waals surface area (Å²) in [5, 5.41) is 13.2. The topological polar surface area (TPSA) is 66.8 Å². The molecule has 1 aromatic heterocycles. The Hall–Kier alpha value is -2.60. The number of amides is 1. The van der Waals surface area contributed by atoms with Crippen LogP contribution in [0.3, 0.4) is 0 Å². The quantitative estimate of drug-likeness (QED) is 0.406. The minimum absolute atomic E-state index is 0.0101. The first-order valence-corrected chi connectivity index (χ1v) is 11.4. The Bertz CT molecular complexity index is 1000. The Morgan fingerprint density at radius 3 is 2.57 bits per heavy atom. The van der Waals surface area contributed by atoms with E-state index in [1.165, 1.54) is 11.3 Å². The number of aliphatic hydroxyl groups is 1. The molecule has 30 heavy (non-hydrogen) atoms. The third-order valence-corrected chi connectivity index (χ3v) is 6.90. The maximum atomic E-state index is 13.1. The van der Waals surface area contributed by atoms with Crippen molar-refractivity contribution in [2.24, 2.45) is 0 Å². The number of rotatable bonds is 5. The molecule has 0 bridgehead atoms. The first-order valence-electron chi connectivity index (χ1n) is 10.5. The Balaban J connectivity index is 1.84. The first kappa shape index (κ1) is 20.7. The second-order valence-electron chi connectivity index (χ2n) is 8.31. The number of benzene rings is 1. The number of thiophene rings is 1. The van der Waals surface area contributed by atoms with Gasteiger partial charge in [0.2, 0.25) is 0 Å². The van der Waals surface area contributed by atoms with Crippen LogP contribution in [-0.4, -0.2) is 33.8 Å². The van der Waals surface area contributed by atoms with Gasteiger partial charge >= 0.3 is 0 Å². The van der Waals surface area contributed by atoms with E-state index in [2.05, 4.69) is 0 Å². The lowest BCUT2D eigenvalue weighted by Crippen LogP contribution is -2.37. The van der Waals surface area contributed by atoms with Crippen molar-refractivity contribution in [3.05, 3.63) is 57.3 Å². The van der Waals surface area contributed by atoms with Crippen molar-refractivity contribution >= 4 is 28.8 Å². The number of hydrogen-bond donors (Lipinski definition) is 1. The molecule has 1 amide bonds. The van der Waals surface area contributed by atoms with Crippen LogP contribution in [0.2, 0.25) is 0 Å². The molecule has 1 atom stereocenters. The van der Waals surface area contributed by atoms with Gasteiger partial charge in [-0.25, -0.2) is 0 Å². The summed E-state index contributed by atoms with van der Waals surface area (Å²) in [5.41, 5.74) is 1.69. The molecule has 1 aromatic carbocycles. The average Bonchev–Trinajstić information content (AvgIpc) is 3.42. The zero-order valence-electron chi connectivity index (χ0n) is 17.6. The van der Waals surface area contributed by atoms with E-state index >= 15 is 0 Å². The normalized spacial score (nSPS) is 21.7. The predicted molar refractivity (Wildman–Crippen MR) is 118 cm³/mol. The summed E-state index contributed by atoms with van der Waals surface area (Å²) >= 11 is 1.53. The van der Waals surface area contributed by atoms with E-state index in [1.54, 1.807) is 23.1 Å². The van der Waals surface area contributed by atoms with E-state index in [0.717, 1.165) is 36.1 Å². The number of aryl methyl sites for hydroxylation is 1. The molecule has 0 spiro atoms. The lowest BCUT2D eigenvalue weighted by molar-refractivity contribution is -0.141. The number of carbonyl (C=O) groups excluding carboxylic acids is 2. The summed E-state index contributed by atoms with van der Waals surface area (Å²) in [6.45, 7) is 5.84. The smallest absolute Gasteiger partial charge is 0.295 e. The van der Waals surface area contributed by atoms with Gasteiger partial charge in [-0.3, -0.25) is 9.59 Å². The van der Waals surface area contributed by atoms with Crippen LogP contribution < -0.4 is 4.74 Å². The molecule has 2 aliphatic rings. The summed E-state index contributed by atoms with van der Waals surface area (Å²) in [7, 11) is 0. The minimum Gasteiger partial charge on any atom is -0.507 e. The Morgan fingerprint density at radius 2 is 1.93 bits per heavy atom. The predicted octanol–water partition coefficient (Wildman–Crippen LogP) is 5.21. The second-order valence-corrected chi connectivity index (χ2v) is 9.25.